The minimum absolute atomic E-state index is 0.00985. The first-order valence-corrected chi connectivity index (χ1v) is 7.55. The molecular formula is C15H29N3O4. The Hall–Kier alpha value is -1.34. The highest BCUT2D eigenvalue weighted by Crippen LogP contribution is 2.27. The van der Waals surface area contributed by atoms with E-state index < -0.39 is 23.2 Å². The van der Waals surface area contributed by atoms with Crippen LogP contribution in [0, 0.1) is 0 Å². The number of likely N-dealkylation sites (tertiary alicyclic amines) is 1. The van der Waals surface area contributed by atoms with Gasteiger partial charge in [0, 0.05) is 25.7 Å². The number of amides is 1. The maximum absolute atomic E-state index is 12.0. The molecule has 1 aliphatic heterocycles. The zero-order valence-corrected chi connectivity index (χ0v) is 14.5. The largest absolute Gasteiger partial charge is 0.481 e. The van der Waals surface area contributed by atoms with Crippen molar-refractivity contribution in [3.8, 4) is 0 Å². The Balaban J connectivity index is 2.63. The minimum atomic E-state index is -0.867. The van der Waals surface area contributed by atoms with E-state index in [9.17, 15) is 9.59 Å². The number of hydrogen-bond donors (Lipinski definition) is 2. The fraction of sp³-hybridized carbons (Fsp3) is 0.867. The Labute approximate surface area is 132 Å². The maximum atomic E-state index is 12.0. The SMILES string of the molecule is CC(CN(C)C)NC1(CC(=O)O)CN(C(=O)OC(C)(C)C)C1. The van der Waals surface area contributed by atoms with Crippen molar-refractivity contribution >= 4 is 12.1 Å². The van der Waals surface area contributed by atoms with Crippen molar-refractivity contribution in [2.24, 2.45) is 0 Å². The van der Waals surface area contributed by atoms with Crippen LogP contribution in [-0.2, 0) is 9.53 Å². The van der Waals surface area contributed by atoms with Crippen molar-refractivity contribution in [1.82, 2.24) is 15.1 Å². The van der Waals surface area contributed by atoms with Gasteiger partial charge in [0.2, 0.25) is 0 Å². The highest BCUT2D eigenvalue weighted by Gasteiger charge is 2.48. The summed E-state index contributed by atoms with van der Waals surface area (Å²) in [5.74, 6) is -0.867. The van der Waals surface area contributed by atoms with Gasteiger partial charge in [0.05, 0.1) is 12.0 Å². The summed E-state index contributed by atoms with van der Waals surface area (Å²) < 4.78 is 5.31. The van der Waals surface area contributed by atoms with Crippen LogP contribution in [0.15, 0.2) is 0 Å². The molecule has 1 saturated heterocycles. The molecule has 22 heavy (non-hydrogen) atoms. The van der Waals surface area contributed by atoms with Crippen molar-refractivity contribution in [2.75, 3.05) is 33.7 Å². The minimum Gasteiger partial charge on any atom is -0.481 e. The third kappa shape index (κ3) is 5.81. The predicted molar refractivity (Wildman–Crippen MR) is 83.9 cm³/mol. The molecule has 1 heterocycles. The normalized spacial score (nSPS) is 18.8. The molecule has 7 heteroatoms. The van der Waals surface area contributed by atoms with Crippen molar-refractivity contribution in [3.63, 3.8) is 0 Å². The Kier molecular flexibility index (Phi) is 5.81. The second kappa shape index (κ2) is 6.83. The van der Waals surface area contributed by atoms with Gasteiger partial charge in [-0.05, 0) is 41.8 Å². The van der Waals surface area contributed by atoms with Crippen LogP contribution >= 0.6 is 0 Å². The fourth-order valence-corrected chi connectivity index (χ4v) is 2.80. The second-order valence-electron chi connectivity index (χ2n) is 7.49. The molecule has 0 aromatic carbocycles. The molecule has 1 aliphatic rings. The lowest BCUT2D eigenvalue weighted by Gasteiger charge is -2.51. The zero-order chi connectivity index (χ0) is 17.1. The maximum Gasteiger partial charge on any atom is 0.410 e. The fourth-order valence-electron chi connectivity index (χ4n) is 2.80. The van der Waals surface area contributed by atoms with Gasteiger partial charge in [0.25, 0.3) is 0 Å². The van der Waals surface area contributed by atoms with Gasteiger partial charge in [-0.1, -0.05) is 0 Å². The Morgan fingerprint density at radius 2 is 1.91 bits per heavy atom. The summed E-state index contributed by atoms with van der Waals surface area (Å²) >= 11 is 0. The average Bonchev–Trinajstić information content (AvgIpc) is 2.19. The van der Waals surface area contributed by atoms with Crippen LogP contribution in [-0.4, -0.2) is 77.9 Å². The monoisotopic (exact) mass is 315 g/mol. The number of carboxylic acid groups (broad SMARTS) is 1. The van der Waals surface area contributed by atoms with Gasteiger partial charge in [-0.25, -0.2) is 4.79 Å². The molecule has 1 rings (SSSR count). The van der Waals surface area contributed by atoms with Gasteiger partial charge in [0.15, 0.2) is 0 Å². The van der Waals surface area contributed by atoms with E-state index in [4.69, 9.17) is 9.84 Å². The second-order valence-corrected chi connectivity index (χ2v) is 7.49. The van der Waals surface area contributed by atoms with Crippen LogP contribution in [0.3, 0.4) is 0 Å². The summed E-state index contributed by atoms with van der Waals surface area (Å²) in [7, 11) is 3.94. The van der Waals surface area contributed by atoms with E-state index in [1.54, 1.807) is 4.90 Å². The Morgan fingerprint density at radius 1 is 1.36 bits per heavy atom. The molecule has 1 unspecified atom stereocenters. The van der Waals surface area contributed by atoms with E-state index in [0.29, 0.717) is 13.1 Å². The van der Waals surface area contributed by atoms with Gasteiger partial charge >= 0.3 is 12.1 Å². The Morgan fingerprint density at radius 3 is 2.32 bits per heavy atom. The van der Waals surface area contributed by atoms with Crippen LogP contribution < -0.4 is 5.32 Å². The van der Waals surface area contributed by atoms with Crippen LogP contribution in [0.2, 0.25) is 0 Å². The molecule has 0 saturated carbocycles. The number of carboxylic acids is 1. The van der Waals surface area contributed by atoms with Crippen molar-refractivity contribution in [2.45, 2.75) is 51.3 Å². The average molecular weight is 315 g/mol. The third-order valence-electron chi connectivity index (χ3n) is 3.32. The summed E-state index contributed by atoms with van der Waals surface area (Å²) in [6, 6.07) is 0.134. The number of carbonyl (C=O) groups excluding carboxylic acids is 1. The van der Waals surface area contributed by atoms with Gasteiger partial charge in [0.1, 0.15) is 5.60 Å². The molecule has 1 amide bonds. The zero-order valence-electron chi connectivity index (χ0n) is 14.5. The summed E-state index contributed by atoms with van der Waals surface area (Å²) in [5.41, 5.74) is -1.12. The number of carbonyl (C=O) groups is 2. The lowest BCUT2D eigenvalue weighted by Crippen LogP contribution is -2.73. The molecule has 1 atom stereocenters. The summed E-state index contributed by atoms with van der Waals surface area (Å²) in [6.45, 7) is 8.96. The molecule has 0 aromatic rings. The van der Waals surface area contributed by atoms with Crippen molar-refractivity contribution in [1.29, 1.82) is 0 Å². The lowest BCUT2D eigenvalue weighted by atomic mass is 9.85. The summed E-state index contributed by atoms with van der Waals surface area (Å²) in [4.78, 5) is 26.7. The van der Waals surface area contributed by atoms with Crippen molar-refractivity contribution < 1.29 is 19.4 Å². The van der Waals surface area contributed by atoms with E-state index in [1.165, 1.54) is 0 Å². The lowest BCUT2D eigenvalue weighted by molar-refractivity contribution is -0.141. The first-order chi connectivity index (χ1) is 9.92. The van der Waals surface area contributed by atoms with Crippen LogP contribution in [0.25, 0.3) is 0 Å². The third-order valence-corrected chi connectivity index (χ3v) is 3.32. The smallest absolute Gasteiger partial charge is 0.410 e. The standard InChI is InChI=1S/C15H29N3O4/c1-11(8-17(5)6)16-15(7-12(19)20)9-18(10-15)13(21)22-14(2,3)4/h11,16H,7-10H2,1-6H3,(H,19,20). The van der Waals surface area contributed by atoms with Gasteiger partial charge in [-0.15, -0.1) is 0 Å². The molecule has 7 nitrogen and oxygen atoms in total. The van der Waals surface area contributed by atoms with E-state index in [2.05, 4.69) is 5.32 Å². The van der Waals surface area contributed by atoms with Gasteiger partial charge < -0.3 is 25.0 Å². The molecule has 1 fully saturated rings. The quantitative estimate of drug-likeness (QED) is 0.761. The van der Waals surface area contributed by atoms with Crippen molar-refractivity contribution in [3.05, 3.63) is 0 Å². The number of likely N-dealkylation sites (N-methyl/N-ethyl adjacent to an activating group) is 1. The van der Waals surface area contributed by atoms with Gasteiger partial charge in [-0.2, -0.15) is 0 Å². The Bertz CT molecular complexity index is 412. The summed E-state index contributed by atoms with van der Waals surface area (Å²) in [5, 5.41) is 12.5. The van der Waals surface area contributed by atoms with Crippen LogP contribution in [0.1, 0.15) is 34.1 Å². The van der Waals surface area contributed by atoms with E-state index >= 15 is 0 Å². The molecule has 0 spiro atoms. The summed E-state index contributed by atoms with van der Waals surface area (Å²) in [6.07, 6.45) is -0.403. The highest BCUT2D eigenvalue weighted by molar-refractivity contribution is 5.73. The molecule has 0 aromatic heterocycles. The van der Waals surface area contributed by atoms with Crippen LogP contribution in [0.5, 0.6) is 0 Å². The number of hydrogen-bond acceptors (Lipinski definition) is 5. The topological polar surface area (TPSA) is 82.1 Å². The molecule has 0 aliphatic carbocycles. The van der Waals surface area contributed by atoms with E-state index in [1.807, 2.05) is 46.7 Å². The first kappa shape index (κ1) is 18.7. The number of rotatable bonds is 6. The number of nitrogens with one attached hydrogen (secondary N) is 1. The first-order valence-electron chi connectivity index (χ1n) is 7.55. The predicted octanol–water partition coefficient (Wildman–Crippen LogP) is 0.990. The molecular weight excluding hydrogens is 286 g/mol. The van der Waals surface area contributed by atoms with Gasteiger partial charge in [-0.3, -0.25) is 4.79 Å². The molecule has 0 bridgehead atoms. The van der Waals surface area contributed by atoms with E-state index in [-0.39, 0.29) is 12.5 Å². The highest BCUT2D eigenvalue weighted by atomic mass is 16.6. The number of aliphatic carboxylic acids is 1. The number of ether oxygens (including phenoxy) is 1. The molecule has 0 radical (unpaired) electrons. The molecule has 2 N–H and O–H groups in total. The van der Waals surface area contributed by atoms with Crippen LogP contribution in [0.4, 0.5) is 4.79 Å². The molecule has 128 valence electrons. The number of nitrogens with zero attached hydrogens (tertiary/aromatic N) is 2. The van der Waals surface area contributed by atoms with E-state index in [0.717, 1.165) is 6.54 Å².